The smallest absolute Gasteiger partial charge is 0.317 e. The number of nitrogens with one attached hydrogen (secondary N) is 1. The summed E-state index contributed by atoms with van der Waals surface area (Å²) in [6, 6.07) is 0.555. The number of carbonyl (C=O) groups is 1. The van der Waals surface area contributed by atoms with Crippen molar-refractivity contribution in [3.8, 4) is 0 Å². The van der Waals surface area contributed by atoms with Gasteiger partial charge in [0.25, 0.3) is 0 Å². The van der Waals surface area contributed by atoms with Crippen LogP contribution in [0.5, 0.6) is 0 Å². The van der Waals surface area contributed by atoms with Crippen molar-refractivity contribution in [2.75, 3.05) is 26.2 Å². The third kappa shape index (κ3) is 2.25. The number of hydrogen-bond acceptors (Lipinski definition) is 2. The maximum atomic E-state index is 11.6. The zero-order valence-corrected chi connectivity index (χ0v) is 9.11. The van der Waals surface area contributed by atoms with E-state index in [1.165, 1.54) is 0 Å². The second kappa shape index (κ2) is 4.55. The Balaban J connectivity index is 1.88. The SMILES string of the molecule is C=CN1CCC(N2CCCNC2=O)CC1. The lowest BCUT2D eigenvalue weighted by molar-refractivity contribution is 0.127. The van der Waals surface area contributed by atoms with Crippen LogP contribution in [0.4, 0.5) is 4.79 Å². The molecule has 0 bridgehead atoms. The lowest BCUT2D eigenvalue weighted by Crippen LogP contribution is -2.53. The highest BCUT2D eigenvalue weighted by molar-refractivity contribution is 5.75. The minimum atomic E-state index is 0.123. The minimum absolute atomic E-state index is 0.123. The second-order valence-corrected chi connectivity index (χ2v) is 4.23. The van der Waals surface area contributed by atoms with Gasteiger partial charge in [-0.2, -0.15) is 0 Å². The molecule has 2 rings (SSSR count). The van der Waals surface area contributed by atoms with Crippen LogP contribution >= 0.6 is 0 Å². The largest absolute Gasteiger partial charge is 0.378 e. The number of rotatable bonds is 2. The Kier molecular flexibility index (Phi) is 3.14. The Hall–Kier alpha value is -1.19. The van der Waals surface area contributed by atoms with E-state index in [1.807, 2.05) is 11.1 Å². The molecule has 4 heteroatoms. The highest BCUT2D eigenvalue weighted by Crippen LogP contribution is 2.18. The van der Waals surface area contributed by atoms with Crippen molar-refractivity contribution in [2.24, 2.45) is 0 Å². The third-order valence-corrected chi connectivity index (χ3v) is 3.31. The van der Waals surface area contributed by atoms with Crippen LogP contribution in [0.2, 0.25) is 0 Å². The number of carbonyl (C=O) groups excluding carboxylic acids is 1. The fourth-order valence-electron chi connectivity index (χ4n) is 2.38. The Morgan fingerprint density at radius 3 is 2.67 bits per heavy atom. The van der Waals surface area contributed by atoms with E-state index in [-0.39, 0.29) is 6.03 Å². The zero-order chi connectivity index (χ0) is 10.7. The van der Waals surface area contributed by atoms with Gasteiger partial charge in [0.05, 0.1) is 0 Å². The van der Waals surface area contributed by atoms with Gasteiger partial charge in [-0.15, -0.1) is 0 Å². The molecule has 4 nitrogen and oxygen atoms in total. The Morgan fingerprint density at radius 2 is 2.07 bits per heavy atom. The molecule has 0 aromatic carbocycles. The van der Waals surface area contributed by atoms with Crippen LogP contribution in [0.1, 0.15) is 19.3 Å². The van der Waals surface area contributed by atoms with Gasteiger partial charge in [-0.1, -0.05) is 6.58 Å². The molecule has 0 aromatic heterocycles. The normalized spacial score (nSPS) is 23.9. The Morgan fingerprint density at radius 1 is 1.33 bits per heavy atom. The molecule has 2 heterocycles. The van der Waals surface area contributed by atoms with Crippen molar-refractivity contribution >= 4 is 6.03 Å². The molecule has 2 aliphatic heterocycles. The molecule has 0 radical (unpaired) electrons. The topological polar surface area (TPSA) is 35.6 Å². The Labute approximate surface area is 90.9 Å². The summed E-state index contributed by atoms with van der Waals surface area (Å²) in [5.41, 5.74) is 0. The first-order valence-corrected chi connectivity index (χ1v) is 5.72. The third-order valence-electron chi connectivity index (χ3n) is 3.31. The number of likely N-dealkylation sites (tertiary alicyclic amines) is 1. The second-order valence-electron chi connectivity index (χ2n) is 4.23. The summed E-state index contributed by atoms with van der Waals surface area (Å²) in [5, 5.41) is 2.91. The van der Waals surface area contributed by atoms with Gasteiger partial charge in [0.15, 0.2) is 0 Å². The number of amides is 2. The molecule has 0 saturated carbocycles. The highest BCUT2D eigenvalue weighted by atomic mass is 16.2. The first-order chi connectivity index (χ1) is 7.31. The van der Waals surface area contributed by atoms with E-state index >= 15 is 0 Å². The molecule has 0 unspecified atom stereocenters. The molecule has 0 atom stereocenters. The van der Waals surface area contributed by atoms with E-state index in [4.69, 9.17) is 0 Å². The predicted molar refractivity (Wildman–Crippen MR) is 59.5 cm³/mol. The van der Waals surface area contributed by atoms with E-state index in [1.54, 1.807) is 0 Å². The van der Waals surface area contributed by atoms with Crippen LogP contribution < -0.4 is 5.32 Å². The molecular formula is C11H19N3O. The molecule has 2 aliphatic rings. The zero-order valence-electron chi connectivity index (χ0n) is 9.11. The van der Waals surface area contributed by atoms with Gasteiger partial charge in [0, 0.05) is 32.2 Å². The van der Waals surface area contributed by atoms with E-state index < -0.39 is 0 Å². The summed E-state index contributed by atoms with van der Waals surface area (Å²) in [5.74, 6) is 0. The van der Waals surface area contributed by atoms with Crippen molar-refractivity contribution in [2.45, 2.75) is 25.3 Å². The van der Waals surface area contributed by atoms with Gasteiger partial charge in [0.2, 0.25) is 0 Å². The van der Waals surface area contributed by atoms with E-state index in [9.17, 15) is 4.79 Å². The summed E-state index contributed by atoms with van der Waals surface area (Å²) in [7, 11) is 0. The molecule has 0 aliphatic carbocycles. The van der Waals surface area contributed by atoms with E-state index in [0.717, 1.165) is 45.4 Å². The number of urea groups is 1. The van der Waals surface area contributed by atoms with Gasteiger partial charge >= 0.3 is 6.03 Å². The maximum Gasteiger partial charge on any atom is 0.317 e. The van der Waals surface area contributed by atoms with Crippen LogP contribution in [-0.2, 0) is 0 Å². The van der Waals surface area contributed by atoms with Crippen molar-refractivity contribution < 1.29 is 4.79 Å². The Bertz CT molecular complexity index is 246. The quantitative estimate of drug-likeness (QED) is 0.736. The first kappa shape index (κ1) is 10.3. The molecule has 15 heavy (non-hydrogen) atoms. The van der Waals surface area contributed by atoms with E-state index in [0.29, 0.717) is 6.04 Å². The average molecular weight is 209 g/mol. The molecule has 2 amide bonds. The van der Waals surface area contributed by atoms with Crippen LogP contribution in [-0.4, -0.2) is 48.1 Å². The van der Waals surface area contributed by atoms with Gasteiger partial charge in [-0.25, -0.2) is 4.79 Å². The summed E-state index contributed by atoms with van der Waals surface area (Å²) in [6.45, 7) is 7.58. The van der Waals surface area contributed by atoms with Crippen molar-refractivity contribution in [1.82, 2.24) is 15.1 Å². The average Bonchev–Trinajstić information content (AvgIpc) is 2.30. The molecule has 84 valence electrons. The molecule has 0 aromatic rings. The van der Waals surface area contributed by atoms with Gasteiger partial charge in [0.1, 0.15) is 0 Å². The summed E-state index contributed by atoms with van der Waals surface area (Å²) >= 11 is 0. The standard InChI is InChI=1S/C11H19N3O/c1-2-13-8-4-10(5-9-13)14-7-3-6-12-11(14)15/h2,10H,1,3-9H2,(H,12,15). The molecule has 2 fully saturated rings. The molecule has 2 saturated heterocycles. The van der Waals surface area contributed by atoms with Crippen molar-refractivity contribution in [3.63, 3.8) is 0 Å². The van der Waals surface area contributed by atoms with Crippen LogP contribution in [0.25, 0.3) is 0 Å². The molecule has 0 spiro atoms. The lowest BCUT2D eigenvalue weighted by atomic mass is 10.0. The monoisotopic (exact) mass is 209 g/mol. The summed E-state index contributed by atoms with van der Waals surface area (Å²) in [6.07, 6.45) is 5.11. The lowest BCUT2D eigenvalue weighted by Gasteiger charge is -2.39. The van der Waals surface area contributed by atoms with Crippen LogP contribution in [0, 0.1) is 0 Å². The van der Waals surface area contributed by atoms with Gasteiger partial charge in [-0.05, 0) is 25.5 Å². The van der Waals surface area contributed by atoms with Crippen LogP contribution in [0.15, 0.2) is 12.8 Å². The highest BCUT2D eigenvalue weighted by Gasteiger charge is 2.28. The fraction of sp³-hybridized carbons (Fsp3) is 0.727. The minimum Gasteiger partial charge on any atom is -0.378 e. The summed E-state index contributed by atoms with van der Waals surface area (Å²) in [4.78, 5) is 15.9. The number of hydrogen-bond donors (Lipinski definition) is 1. The van der Waals surface area contributed by atoms with Gasteiger partial charge < -0.3 is 15.1 Å². The summed E-state index contributed by atoms with van der Waals surface area (Å²) < 4.78 is 0. The predicted octanol–water partition coefficient (Wildman–Crippen LogP) is 1.01. The van der Waals surface area contributed by atoms with E-state index in [2.05, 4.69) is 16.8 Å². The maximum absolute atomic E-state index is 11.6. The van der Waals surface area contributed by atoms with Crippen molar-refractivity contribution in [3.05, 3.63) is 12.8 Å². The number of nitrogens with zero attached hydrogens (tertiary/aromatic N) is 2. The van der Waals surface area contributed by atoms with Crippen LogP contribution in [0.3, 0.4) is 0 Å². The number of piperidine rings is 1. The fourth-order valence-corrected chi connectivity index (χ4v) is 2.38. The van der Waals surface area contributed by atoms with Crippen molar-refractivity contribution in [1.29, 1.82) is 0 Å². The van der Waals surface area contributed by atoms with Gasteiger partial charge in [-0.3, -0.25) is 0 Å². The molecular weight excluding hydrogens is 190 g/mol. The first-order valence-electron chi connectivity index (χ1n) is 5.72. The molecule has 1 N–H and O–H groups in total.